The van der Waals surface area contributed by atoms with E-state index >= 15 is 0 Å². The van der Waals surface area contributed by atoms with Gasteiger partial charge in [-0.15, -0.1) is 0 Å². The summed E-state index contributed by atoms with van der Waals surface area (Å²) < 4.78 is 59.7. The van der Waals surface area contributed by atoms with Crippen molar-refractivity contribution in [3.8, 4) is 0 Å². The number of ether oxygens (including phenoxy) is 1. The summed E-state index contributed by atoms with van der Waals surface area (Å²) in [6, 6.07) is 2.56. The molecule has 28 heavy (non-hydrogen) atoms. The Morgan fingerprint density at radius 2 is 1.96 bits per heavy atom. The van der Waals surface area contributed by atoms with E-state index in [1.807, 2.05) is 0 Å². The van der Waals surface area contributed by atoms with Crippen molar-refractivity contribution in [2.75, 3.05) is 18.1 Å². The highest BCUT2D eigenvalue weighted by atomic mass is 32.1. The van der Waals surface area contributed by atoms with Crippen molar-refractivity contribution in [3.63, 3.8) is 0 Å². The van der Waals surface area contributed by atoms with E-state index in [2.05, 4.69) is 14.3 Å². The van der Waals surface area contributed by atoms with E-state index in [4.69, 9.17) is 4.74 Å². The third-order valence-electron chi connectivity index (χ3n) is 3.71. The lowest BCUT2D eigenvalue weighted by Crippen LogP contribution is -2.20. The van der Waals surface area contributed by atoms with Gasteiger partial charge in [-0.3, -0.25) is 4.79 Å². The SMILES string of the molecule is CCOC(=O)CCCCCCN(c1ccc(F)cn1)c1nc(C(F)(F)F)ns1. The standard InChI is InChI=1S/C17H20F4N4O2S/c1-2-27-14(26)7-5-3-4-6-10-25(13-9-8-12(18)11-22-13)16-23-15(24-28-16)17(19,20)21/h8-9,11H,2-7,10H2,1H3. The highest BCUT2D eigenvalue weighted by molar-refractivity contribution is 7.09. The van der Waals surface area contributed by atoms with Crippen molar-refractivity contribution in [2.24, 2.45) is 0 Å². The molecule has 0 amide bonds. The second-order valence-electron chi connectivity index (χ2n) is 5.85. The van der Waals surface area contributed by atoms with Gasteiger partial charge in [0, 0.05) is 24.5 Å². The molecule has 2 heterocycles. The zero-order valence-electron chi connectivity index (χ0n) is 15.2. The predicted molar refractivity (Wildman–Crippen MR) is 95.8 cm³/mol. The van der Waals surface area contributed by atoms with E-state index < -0.39 is 17.8 Å². The Labute approximate surface area is 163 Å². The van der Waals surface area contributed by atoms with Gasteiger partial charge >= 0.3 is 12.1 Å². The van der Waals surface area contributed by atoms with E-state index in [0.29, 0.717) is 43.9 Å². The summed E-state index contributed by atoms with van der Waals surface area (Å²) in [6.45, 7) is 2.43. The molecule has 0 unspecified atom stereocenters. The lowest BCUT2D eigenvalue weighted by Gasteiger charge is -2.20. The Morgan fingerprint density at radius 3 is 2.57 bits per heavy atom. The number of unbranched alkanes of at least 4 members (excludes halogenated alkanes) is 3. The van der Waals surface area contributed by atoms with Gasteiger partial charge < -0.3 is 9.64 Å². The molecule has 154 valence electrons. The molecule has 6 nitrogen and oxygen atoms in total. The molecule has 0 bridgehead atoms. The van der Waals surface area contributed by atoms with Crippen LogP contribution in [0.25, 0.3) is 0 Å². The summed E-state index contributed by atoms with van der Waals surface area (Å²) in [6.07, 6.45) is -0.484. The number of alkyl halides is 3. The van der Waals surface area contributed by atoms with E-state index in [-0.39, 0.29) is 16.9 Å². The van der Waals surface area contributed by atoms with Gasteiger partial charge in [0.25, 0.3) is 0 Å². The molecule has 0 aliphatic carbocycles. The Balaban J connectivity index is 1.97. The first-order valence-corrected chi connectivity index (χ1v) is 9.54. The normalized spacial score (nSPS) is 11.5. The van der Waals surface area contributed by atoms with Crippen LogP contribution in [0.5, 0.6) is 0 Å². The highest BCUT2D eigenvalue weighted by Gasteiger charge is 2.36. The molecule has 0 aliphatic heterocycles. The molecule has 11 heteroatoms. The van der Waals surface area contributed by atoms with Crippen LogP contribution in [-0.4, -0.2) is 33.5 Å². The molecule has 0 fully saturated rings. The van der Waals surface area contributed by atoms with E-state index in [1.165, 1.54) is 17.0 Å². The van der Waals surface area contributed by atoms with Gasteiger partial charge in [0.2, 0.25) is 11.0 Å². The molecule has 2 rings (SSSR count). The largest absolute Gasteiger partial charge is 0.466 e. The Hall–Kier alpha value is -2.30. The lowest BCUT2D eigenvalue weighted by atomic mass is 10.1. The zero-order chi connectivity index (χ0) is 20.6. The van der Waals surface area contributed by atoms with Gasteiger partial charge in [-0.05, 0) is 31.9 Å². The number of pyridine rings is 1. The first-order valence-electron chi connectivity index (χ1n) is 8.77. The van der Waals surface area contributed by atoms with Crippen molar-refractivity contribution >= 4 is 28.5 Å². The number of carbonyl (C=O) groups excluding carboxylic acids is 1. The molecule has 2 aromatic rings. The van der Waals surface area contributed by atoms with Crippen LogP contribution < -0.4 is 4.90 Å². The van der Waals surface area contributed by atoms with Crippen LogP contribution in [0, 0.1) is 5.82 Å². The number of aromatic nitrogens is 3. The molecular weight excluding hydrogens is 400 g/mol. The second kappa shape index (κ2) is 10.3. The number of hydrogen-bond donors (Lipinski definition) is 0. The fourth-order valence-corrected chi connectivity index (χ4v) is 3.13. The maximum atomic E-state index is 13.1. The number of rotatable bonds is 10. The fourth-order valence-electron chi connectivity index (χ4n) is 2.40. The van der Waals surface area contributed by atoms with Crippen LogP contribution >= 0.6 is 11.5 Å². The monoisotopic (exact) mass is 420 g/mol. The summed E-state index contributed by atoms with van der Waals surface area (Å²) in [5.74, 6) is -1.71. The highest BCUT2D eigenvalue weighted by Crippen LogP contribution is 2.32. The van der Waals surface area contributed by atoms with Crippen LogP contribution in [0.4, 0.5) is 28.5 Å². The van der Waals surface area contributed by atoms with Crippen molar-refractivity contribution in [2.45, 2.75) is 45.2 Å². The minimum Gasteiger partial charge on any atom is -0.466 e. The van der Waals surface area contributed by atoms with Crippen LogP contribution in [-0.2, 0) is 15.7 Å². The summed E-state index contributed by atoms with van der Waals surface area (Å²) in [5.41, 5.74) is 0. The van der Waals surface area contributed by atoms with Crippen molar-refractivity contribution < 1.29 is 27.1 Å². The molecule has 0 N–H and O–H groups in total. The van der Waals surface area contributed by atoms with Crippen molar-refractivity contribution in [3.05, 3.63) is 30.0 Å². The Bertz CT molecular complexity index is 752. The minimum atomic E-state index is -4.64. The molecule has 0 spiro atoms. The molecule has 0 aromatic carbocycles. The number of anilines is 2. The molecule has 0 aliphatic rings. The molecule has 0 saturated heterocycles. The number of carbonyl (C=O) groups is 1. The lowest BCUT2D eigenvalue weighted by molar-refractivity contribution is -0.144. The van der Waals surface area contributed by atoms with Gasteiger partial charge in [0.05, 0.1) is 12.8 Å². The zero-order valence-corrected chi connectivity index (χ0v) is 16.0. The summed E-state index contributed by atoms with van der Waals surface area (Å²) >= 11 is 0.611. The summed E-state index contributed by atoms with van der Waals surface area (Å²) in [7, 11) is 0. The third-order valence-corrected chi connectivity index (χ3v) is 4.45. The van der Waals surface area contributed by atoms with Crippen LogP contribution in [0.15, 0.2) is 18.3 Å². The number of halogens is 4. The van der Waals surface area contributed by atoms with Crippen LogP contribution in [0.2, 0.25) is 0 Å². The molecule has 2 aromatic heterocycles. The predicted octanol–water partition coefficient (Wildman–Crippen LogP) is 4.74. The molecule has 0 radical (unpaired) electrons. The van der Waals surface area contributed by atoms with E-state index in [1.54, 1.807) is 6.92 Å². The molecule has 0 atom stereocenters. The average Bonchev–Trinajstić information content (AvgIpc) is 3.12. The first-order chi connectivity index (χ1) is 13.3. The second-order valence-corrected chi connectivity index (χ2v) is 6.58. The van der Waals surface area contributed by atoms with E-state index in [0.717, 1.165) is 19.0 Å². The average molecular weight is 420 g/mol. The van der Waals surface area contributed by atoms with Crippen molar-refractivity contribution in [1.29, 1.82) is 0 Å². The van der Waals surface area contributed by atoms with Gasteiger partial charge in [0.1, 0.15) is 11.6 Å². The van der Waals surface area contributed by atoms with Crippen LogP contribution in [0.1, 0.15) is 44.9 Å². The summed E-state index contributed by atoms with van der Waals surface area (Å²) in [4.78, 5) is 20.3. The van der Waals surface area contributed by atoms with Gasteiger partial charge in [0.15, 0.2) is 0 Å². The fraction of sp³-hybridized carbons (Fsp3) is 0.529. The van der Waals surface area contributed by atoms with Gasteiger partial charge in [-0.1, -0.05) is 12.8 Å². The number of hydrogen-bond acceptors (Lipinski definition) is 7. The number of esters is 1. The molecular formula is C17H20F4N4O2S. The molecule has 0 saturated carbocycles. The maximum Gasteiger partial charge on any atom is 0.452 e. The maximum absolute atomic E-state index is 13.1. The van der Waals surface area contributed by atoms with Crippen LogP contribution in [0.3, 0.4) is 0 Å². The smallest absolute Gasteiger partial charge is 0.452 e. The number of nitrogens with zero attached hydrogens (tertiary/aromatic N) is 4. The van der Waals surface area contributed by atoms with Crippen molar-refractivity contribution in [1.82, 2.24) is 14.3 Å². The summed E-state index contributed by atoms with van der Waals surface area (Å²) in [5, 5.41) is 0.0398. The van der Waals surface area contributed by atoms with Gasteiger partial charge in [-0.25, -0.2) is 9.37 Å². The van der Waals surface area contributed by atoms with E-state index in [9.17, 15) is 22.4 Å². The first kappa shape index (κ1) is 22.0. The Kier molecular flexibility index (Phi) is 8.09. The minimum absolute atomic E-state index is 0.0398. The quantitative estimate of drug-likeness (QED) is 0.314. The topological polar surface area (TPSA) is 68.2 Å². The van der Waals surface area contributed by atoms with Gasteiger partial charge in [-0.2, -0.15) is 22.5 Å². The Morgan fingerprint density at radius 1 is 1.21 bits per heavy atom. The third kappa shape index (κ3) is 6.70.